The highest BCUT2D eigenvalue weighted by Crippen LogP contribution is 2.44. The average molecular weight is 106 g/mol. The molecule has 3 aliphatic rings. The van der Waals surface area contributed by atoms with Crippen LogP contribution in [0.4, 0.5) is 0 Å². The van der Waals surface area contributed by atoms with Gasteiger partial charge in [0.15, 0.2) is 18.3 Å². The number of fused-ring (bicyclic) bond motifs is 3. The molecule has 0 radical (unpaired) electrons. The molecular weight excluding hydrogens is 98.1 g/mol. The molecule has 2 aliphatic heterocycles. The Labute approximate surface area is 48.3 Å². The molecule has 0 N–H and O–H groups in total. The van der Waals surface area contributed by atoms with Gasteiger partial charge in [0.1, 0.15) is 5.92 Å². The lowest BCUT2D eigenvalue weighted by molar-refractivity contribution is -0.551. The molecule has 0 amide bonds. The van der Waals surface area contributed by atoms with Gasteiger partial charge in [0.2, 0.25) is 0 Å². The summed E-state index contributed by atoms with van der Waals surface area (Å²) in [6, 6.07) is 0.986. The molecule has 0 spiro atoms. The van der Waals surface area contributed by atoms with E-state index in [0.29, 0.717) is 0 Å². The summed E-state index contributed by atoms with van der Waals surface area (Å²) in [5, 5.41) is 0. The molecule has 0 bridgehead atoms. The van der Waals surface area contributed by atoms with Crippen LogP contribution in [0.3, 0.4) is 0 Å². The molecular formula is C7H8N+. The molecule has 1 heteroatoms. The first-order chi connectivity index (χ1) is 3.97. The maximum absolute atomic E-state index is 2.50. The summed E-state index contributed by atoms with van der Waals surface area (Å²) in [5.74, 6) is 1.01. The topological polar surface area (TPSA) is 3.01 Å². The summed E-state index contributed by atoms with van der Waals surface area (Å²) in [4.78, 5) is 0. The van der Waals surface area contributed by atoms with Crippen LogP contribution in [0, 0.1) is 5.92 Å². The van der Waals surface area contributed by atoms with Crippen LogP contribution in [-0.4, -0.2) is 22.9 Å². The molecule has 2 heterocycles. The highest BCUT2D eigenvalue weighted by Gasteiger charge is 2.62. The number of allylic oxidation sites excluding steroid dienone is 1. The van der Waals surface area contributed by atoms with Crippen molar-refractivity contribution in [1.82, 2.24) is 0 Å². The predicted molar refractivity (Wildman–Crippen MR) is 31.2 cm³/mol. The average Bonchev–Trinajstić information content (AvgIpc) is 2.34. The molecule has 3 rings (SSSR count). The van der Waals surface area contributed by atoms with Crippen molar-refractivity contribution in [3.05, 3.63) is 12.2 Å². The van der Waals surface area contributed by atoms with Gasteiger partial charge >= 0.3 is 0 Å². The van der Waals surface area contributed by atoms with E-state index in [0.717, 1.165) is 12.0 Å². The minimum absolute atomic E-state index is 0.986. The molecule has 2 unspecified atom stereocenters. The van der Waals surface area contributed by atoms with Gasteiger partial charge in [-0.05, 0) is 6.08 Å². The third kappa shape index (κ3) is 0.192. The summed E-state index contributed by atoms with van der Waals surface area (Å²) in [5.41, 5.74) is 1.62. The number of hydrogen-bond donors (Lipinski definition) is 0. The zero-order chi connectivity index (χ0) is 5.14. The third-order valence-corrected chi connectivity index (χ3v) is 2.46. The summed E-state index contributed by atoms with van der Waals surface area (Å²) < 4.78 is 2.50. The first-order valence-corrected chi connectivity index (χ1v) is 3.27. The Morgan fingerprint density at radius 3 is 3.50 bits per heavy atom. The van der Waals surface area contributed by atoms with Gasteiger partial charge in [-0.1, -0.05) is 0 Å². The van der Waals surface area contributed by atoms with Crippen molar-refractivity contribution in [3.63, 3.8) is 0 Å². The highest BCUT2D eigenvalue weighted by molar-refractivity contribution is 5.99. The smallest absolute Gasteiger partial charge is 0.186 e. The van der Waals surface area contributed by atoms with Gasteiger partial charge in [0.25, 0.3) is 0 Å². The van der Waals surface area contributed by atoms with Crippen molar-refractivity contribution in [1.29, 1.82) is 0 Å². The normalized spacial score (nSPS) is 46.0. The number of rotatable bonds is 0. The maximum atomic E-state index is 2.50. The first-order valence-electron chi connectivity index (χ1n) is 3.27. The van der Waals surface area contributed by atoms with Gasteiger partial charge in [-0.3, -0.25) is 0 Å². The summed E-state index contributed by atoms with van der Waals surface area (Å²) in [6.45, 7) is 1.20. The molecule has 1 fully saturated rings. The van der Waals surface area contributed by atoms with Gasteiger partial charge in [0, 0.05) is 12.5 Å². The Morgan fingerprint density at radius 1 is 1.62 bits per heavy atom. The van der Waals surface area contributed by atoms with Gasteiger partial charge < -0.3 is 0 Å². The summed E-state index contributed by atoms with van der Waals surface area (Å²) in [7, 11) is 0. The monoisotopic (exact) mass is 106 g/mol. The van der Waals surface area contributed by atoms with Crippen LogP contribution in [-0.2, 0) is 0 Å². The van der Waals surface area contributed by atoms with E-state index in [-0.39, 0.29) is 0 Å². The largest absolute Gasteiger partial charge is 0.226 e. The minimum Gasteiger partial charge on any atom is -0.226 e. The molecule has 0 aromatic heterocycles. The van der Waals surface area contributed by atoms with Crippen LogP contribution in [0.25, 0.3) is 0 Å². The lowest BCUT2D eigenvalue weighted by atomic mass is 10.2. The summed E-state index contributed by atoms with van der Waals surface area (Å²) in [6.07, 6.45) is 6.01. The van der Waals surface area contributed by atoms with Crippen LogP contribution < -0.4 is 0 Å². The molecule has 2 atom stereocenters. The van der Waals surface area contributed by atoms with Crippen molar-refractivity contribution in [2.75, 3.05) is 6.54 Å². The van der Waals surface area contributed by atoms with Gasteiger partial charge in [-0.15, -0.1) is 0 Å². The highest BCUT2D eigenvalue weighted by atomic mass is 15.2. The minimum atomic E-state index is 0.986. The van der Waals surface area contributed by atoms with Crippen molar-refractivity contribution >= 4 is 5.71 Å². The van der Waals surface area contributed by atoms with Crippen molar-refractivity contribution in [3.8, 4) is 0 Å². The second-order valence-electron chi connectivity index (χ2n) is 2.89. The Hall–Kier alpha value is -0.590. The fourth-order valence-electron chi connectivity index (χ4n) is 1.91. The van der Waals surface area contributed by atoms with Crippen LogP contribution in [0.1, 0.15) is 6.42 Å². The van der Waals surface area contributed by atoms with Crippen molar-refractivity contribution in [2.24, 2.45) is 5.92 Å². The van der Waals surface area contributed by atoms with E-state index in [9.17, 15) is 0 Å². The molecule has 1 nitrogen and oxygen atoms in total. The van der Waals surface area contributed by atoms with Crippen LogP contribution in [0.2, 0.25) is 0 Å². The van der Waals surface area contributed by atoms with Crippen LogP contribution in [0.5, 0.6) is 0 Å². The van der Waals surface area contributed by atoms with Gasteiger partial charge in [-0.2, -0.15) is 0 Å². The Morgan fingerprint density at radius 2 is 2.62 bits per heavy atom. The predicted octanol–water partition coefficient (Wildman–Crippen LogP) is 0.412. The third-order valence-electron chi connectivity index (χ3n) is 2.46. The fraction of sp³-hybridized carbons (Fsp3) is 0.571. The fourth-order valence-corrected chi connectivity index (χ4v) is 1.91. The molecule has 40 valence electrons. The van der Waals surface area contributed by atoms with Crippen LogP contribution >= 0.6 is 0 Å². The van der Waals surface area contributed by atoms with E-state index in [4.69, 9.17) is 0 Å². The van der Waals surface area contributed by atoms with Gasteiger partial charge in [-0.25, -0.2) is 4.58 Å². The first kappa shape index (κ1) is 3.44. The maximum Gasteiger partial charge on any atom is 0.186 e. The Kier molecular flexibility index (Phi) is 0.340. The standard InChI is InChI=1S/C7H8N/c1-2-6-5-4-7(5)8(6)3-1/h1-2,5,7H,3-4H2/q+1. The molecule has 0 aromatic rings. The van der Waals surface area contributed by atoms with Crippen molar-refractivity contribution in [2.45, 2.75) is 12.5 Å². The molecule has 1 aliphatic carbocycles. The quantitative estimate of drug-likeness (QED) is 0.393. The molecule has 0 aromatic carbocycles. The zero-order valence-corrected chi connectivity index (χ0v) is 4.67. The summed E-state index contributed by atoms with van der Waals surface area (Å²) >= 11 is 0. The van der Waals surface area contributed by atoms with E-state index in [1.165, 1.54) is 13.0 Å². The zero-order valence-electron chi connectivity index (χ0n) is 4.67. The van der Waals surface area contributed by atoms with Crippen LogP contribution in [0.15, 0.2) is 12.2 Å². The lowest BCUT2D eigenvalue weighted by Crippen LogP contribution is -2.31. The van der Waals surface area contributed by atoms with Gasteiger partial charge in [0.05, 0.1) is 0 Å². The number of nitrogens with zero attached hydrogens (tertiary/aromatic N) is 1. The van der Waals surface area contributed by atoms with E-state index in [1.807, 2.05) is 0 Å². The van der Waals surface area contributed by atoms with E-state index in [2.05, 4.69) is 16.7 Å². The SMILES string of the molecule is C1=CC2=[N+](C1)C1CC21. The van der Waals surface area contributed by atoms with E-state index >= 15 is 0 Å². The molecule has 8 heavy (non-hydrogen) atoms. The molecule has 1 saturated carbocycles. The second-order valence-corrected chi connectivity index (χ2v) is 2.89. The van der Waals surface area contributed by atoms with E-state index in [1.54, 1.807) is 5.71 Å². The Bertz CT molecular complexity index is 212. The second kappa shape index (κ2) is 0.790. The lowest BCUT2D eigenvalue weighted by Gasteiger charge is -2.06. The molecule has 0 saturated heterocycles. The Balaban J connectivity index is 2.19. The number of hydrogen-bond acceptors (Lipinski definition) is 0. The van der Waals surface area contributed by atoms with E-state index < -0.39 is 0 Å². The van der Waals surface area contributed by atoms with Crippen molar-refractivity contribution < 1.29 is 4.58 Å².